The van der Waals surface area contributed by atoms with E-state index in [0.29, 0.717) is 11.4 Å². The monoisotopic (exact) mass is 215 g/mol. The maximum absolute atomic E-state index is 11.7. The molecule has 1 amide bonds. The minimum Gasteiger partial charge on any atom is -0.384 e. The Kier molecular flexibility index (Phi) is 2.73. The van der Waals surface area contributed by atoms with Crippen LogP contribution in [0.3, 0.4) is 0 Å². The number of nitrogen functional groups attached to an aromatic ring is 1. The van der Waals surface area contributed by atoms with Crippen LogP contribution < -0.4 is 11.1 Å². The molecule has 0 saturated carbocycles. The van der Waals surface area contributed by atoms with Gasteiger partial charge in [0.1, 0.15) is 5.82 Å². The summed E-state index contributed by atoms with van der Waals surface area (Å²) in [5.41, 5.74) is 5.82. The number of nitrogens with one attached hydrogen (secondary N) is 1. The van der Waals surface area contributed by atoms with Crippen LogP contribution in [0, 0.1) is 0 Å². The minimum absolute atomic E-state index is 0.254. The molecular formula is C10H9N5O. The molecule has 0 aromatic carbocycles. The zero-order valence-corrected chi connectivity index (χ0v) is 8.29. The van der Waals surface area contributed by atoms with Gasteiger partial charge in [0.25, 0.3) is 5.91 Å². The largest absolute Gasteiger partial charge is 0.384 e. The van der Waals surface area contributed by atoms with E-state index in [-0.39, 0.29) is 11.9 Å². The number of anilines is 2. The number of rotatable bonds is 2. The first-order chi connectivity index (χ1) is 7.75. The minimum atomic E-state index is -0.321. The van der Waals surface area contributed by atoms with E-state index in [4.69, 9.17) is 5.73 Å². The van der Waals surface area contributed by atoms with Crippen molar-refractivity contribution in [3.05, 3.63) is 42.4 Å². The summed E-state index contributed by atoms with van der Waals surface area (Å²) in [5, 5.41) is 2.54. The van der Waals surface area contributed by atoms with Crippen LogP contribution in [0.15, 0.2) is 36.8 Å². The van der Waals surface area contributed by atoms with Gasteiger partial charge < -0.3 is 5.73 Å². The lowest BCUT2D eigenvalue weighted by molar-refractivity contribution is 0.102. The molecule has 2 heterocycles. The molecule has 2 rings (SSSR count). The van der Waals surface area contributed by atoms with Gasteiger partial charge in [-0.1, -0.05) is 0 Å². The van der Waals surface area contributed by atoms with E-state index in [9.17, 15) is 4.79 Å². The maximum Gasteiger partial charge on any atom is 0.259 e. The van der Waals surface area contributed by atoms with Crippen LogP contribution >= 0.6 is 0 Å². The van der Waals surface area contributed by atoms with E-state index < -0.39 is 0 Å². The molecule has 0 fully saturated rings. The van der Waals surface area contributed by atoms with Crippen molar-refractivity contribution in [1.82, 2.24) is 15.0 Å². The SMILES string of the molecule is Nc1ccc(C(=O)Nc2ncccn2)cn1. The summed E-state index contributed by atoms with van der Waals surface area (Å²) in [6.07, 6.45) is 4.49. The molecule has 0 atom stereocenters. The van der Waals surface area contributed by atoms with Crippen molar-refractivity contribution in [2.24, 2.45) is 0 Å². The van der Waals surface area contributed by atoms with E-state index >= 15 is 0 Å². The number of pyridine rings is 1. The van der Waals surface area contributed by atoms with Crippen LogP contribution in [0.4, 0.5) is 11.8 Å². The quantitative estimate of drug-likeness (QED) is 0.769. The van der Waals surface area contributed by atoms with Crippen molar-refractivity contribution < 1.29 is 4.79 Å². The Labute approximate surface area is 91.6 Å². The Morgan fingerprint density at radius 1 is 1.19 bits per heavy atom. The molecule has 16 heavy (non-hydrogen) atoms. The molecule has 0 aliphatic carbocycles. The van der Waals surface area contributed by atoms with Crippen LogP contribution in [-0.2, 0) is 0 Å². The fourth-order valence-corrected chi connectivity index (χ4v) is 1.08. The maximum atomic E-state index is 11.7. The lowest BCUT2D eigenvalue weighted by Crippen LogP contribution is -2.14. The highest BCUT2D eigenvalue weighted by molar-refractivity contribution is 6.03. The molecule has 0 saturated heterocycles. The average molecular weight is 215 g/mol. The highest BCUT2D eigenvalue weighted by Gasteiger charge is 2.06. The van der Waals surface area contributed by atoms with Crippen molar-refractivity contribution in [1.29, 1.82) is 0 Å². The van der Waals surface area contributed by atoms with Gasteiger partial charge in [0.15, 0.2) is 0 Å². The summed E-state index contributed by atoms with van der Waals surface area (Å²) in [5.74, 6) is 0.301. The average Bonchev–Trinajstić information content (AvgIpc) is 2.31. The third-order valence-corrected chi connectivity index (χ3v) is 1.84. The highest BCUT2D eigenvalue weighted by atomic mass is 16.1. The molecule has 6 nitrogen and oxygen atoms in total. The van der Waals surface area contributed by atoms with Crippen molar-refractivity contribution in [3.63, 3.8) is 0 Å². The van der Waals surface area contributed by atoms with Crippen molar-refractivity contribution in [2.45, 2.75) is 0 Å². The molecule has 0 aliphatic rings. The molecule has 80 valence electrons. The van der Waals surface area contributed by atoms with Gasteiger partial charge in [0.05, 0.1) is 5.56 Å². The van der Waals surface area contributed by atoms with Gasteiger partial charge in [-0.2, -0.15) is 0 Å². The Hall–Kier alpha value is -2.50. The first-order valence-corrected chi connectivity index (χ1v) is 4.55. The van der Waals surface area contributed by atoms with Gasteiger partial charge in [-0.3, -0.25) is 10.1 Å². The lowest BCUT2D eigenvalue weighted by Gasteiger charge is -2.02. The smallest absolute Gasteiger partial charge is 0.259 e. The lowest BCUT2D eigenvalue weighted by atomic mass is 10.2. The summed E-state index contributed by atoms with van der Waals surface area (Å²) < 4.78 is 0. The Morgan fingerprint density at radius 3 is 2.56 bits per heavy atom. The molecular weight excluding hydrogens is 206 g/mol. The van der Waals surface area contributed by atoms with Crippen LogP contribution in [0.2, 0.25) is 0 Å². The van der Waals surface area contributed by atoms with Crippen LogP contribution in [0.5, 0.6) is 0 Å². The first kappa shape index (κ1) is 10.0. The predicted octanol–water partition coefficient (Wildman–Crippen LogP) is 0.706. The number of hydrogen-bond acceptors (Lipinski definition) is 5. The van der Waals surface area contributed by atoms with Crippen molar-refractivity contribution in [2.75, 3.05) is 11.1 Å². The summed E-state index contributed by atoms with van der Waals surface area (Å²) in [6.45, 7) is 0. The standard InChI is InChI=1S/C10H9N5O/c11-8-3-2-7(6-14-8)9(16)15-10-12-4-1-5-13-10/h1-6H,(H2,11,14)(H,12,13,15,16). The number of hydrogen-bond donors (Lipinski definition) is 2. The predicted molar refractivity (Wildman–Crippen MR) is 58.6 cm³/mol. The van der Waals surface area contributed by atoms with E-state index in [2.05, 4.69) is 20.3 Å². The van der Waals surface area contributed by atoms with Crippen molar-refractivity contribution in [3.8, 4) is 0 Å². The molecule has 2 aromatic heterocycles. The van der Waals surface area contributed by atoms with Crippen LogP contribution in [-0.4, -0.2) is 20.9 Å². The molecule has 3 N–H and O–H groups in total. The molecule has 6 heteroatoms. The second kappa shape index (κ2) is 4.35. The molecule has 0 radical (unpaired) electrons. The molecule has 0 unspecified atom stereocenters. The van der Waals surface area contributed by atoms with Crippen molar-refractivity contribution >= 4 is 17.7 Å². The third-order valence-electron chi connectivity index (χ3n) is 1.84. The fraction of sp³-hybridized carbons (Fsp3) is 0. The van der Waals surface area contributed by atoms with Gasteiger partial charge in [0, 0.05) is 18.6 Å². The summed E-state index contributed by atoms with van der Waals surface area (Å²) in [7, 11) is 0. The van der Waals surface area contributed by atoms with Gasteiger partial charge in [0.2, 0.25) is 5.95 Å². The number of amides is 1. The first-order valence-electron chi connectivity index (χ1n) is 4.55. The number of nitrogens with zero attached hydrogens (tertiary/aromatic N) is 3. The molecule has 0 aliphatic heterocycles. The number of carbonyl (C=O) groups is 1. The molecule has 2 aromatic rings. The Bertz CT molecular complexity index is 482. The fourth-order valence-electron chi connectivity index (χ4n) is 1.08. The second-order valence-electron chi connectivity index (χ2n) is 3.00. The van der Waals surface area contributed by atoms with Crippen LogP contribution in [0.1, 0.15) is 10.4 Å². The highest BCUT2D eigenvalue weighted by Crippen LogP contribution is 2.04. The van der Waals surface area contributed by atoms with Crippen LogP contribution in [0.25, 0.3) is 0 Å². The molecule has 0 spiro atoms. The molecule has 0 bridgehead atoms. The van der Waals surface area contributed by atoms with E-state index in [1.165, 1.54) is 6.20 Å². The number of carbonyl (C=O) groups excluding carboxylic acids is 1. The number of nitrogens with two attached hydrogens (primary N) is 1. The summed E-state index contributed by atoms with van der Waals surface area (Å²) >= 11 is 0. The van der Waals surface area contributed by atoms with E-state index in [0.717, 1.165) is 0 Å². The van der Waals surface area contributed by atoms with Gasteiger partial charge in [-0.15, -0.1) is 0 Å². The Morgan fingerprint density at radius 2 is 1.94 bits per heavy atom. The van der Waals surface area contributed by atoms with E-state index in [1.807, 2.05) is 0 Å². The number of aromatic nitrogens is 3. The summed E-state index contributed by atoms with van der Waals surface area (Å²) in [4.78, 5) is 23.2. The Balaban J connectivity index is 2.12. The summed E-state index contributed by atoms with van der Waals surface area (Å²) in [6, 6.07) is 4.81. The topological polar surface area (TPSA) is 93.8 Å². The van der Waals surface area contributed by atoms with E-state index in [1.54, 1.807) is 30.6 Å². The zero-order chi connectivity index (χ0) is 11.4. The zero-order valence-electron chi connectivity index (χ0n) is 8.29. The van der Waals surface area contributed by atoms with Gasteiger partial charge in [-0.05, 0) is 18.2 Å². The third kappa shape index (κ3) is 2.30. The van der Waals surface area contributed by atoms with Gasteiger partial charge in [-0.25, -0.2) is 15.0 Å². The normalized spacial score (nSPS) is 9.75. The second-order valence-corrected chi connectivity index (χ2v) is 3.00. The van der Waals surface area contributed by atoms with Gasteiger partial charge >= 0.3 is 0 Å².